The molecule has 0 radical (unpaired) electrons. The van der Waals surface area contributed by atoms with Crippen molar-refractivity contribution in [1.82, 2.24) is 5.32 Å². The Morgan fingerprint density at radius 3 is 2.47 bits per heavy atom. The second-order valence-electron chi connectivity index (χ2n) is 4.62. The predicted octanol–water partition coefficient (Wildman–Crippen LogP) is 1.89. The summed E-state index contributed by atoms with van der Waals surface area (Å²) < 4.78 is 0. The van der Waals surface area contributed by atoms with Crippen LogP contribution < -0.4 is 5.32 Å². The second-order valence-corrected chi connectivity index (χ2v) is 5.73. The van der Waals surface area contributed by atoms with Crippen molar-refractivity contribution >= 4 is 23.6 Å². The van der Waals surface area contributed by atoms with E-state index in [1.165, 1.54) is 0 Å². The number of nitrogens with one attached hydrogen (secondary N) is 1. The number of carboxylic acid groups (broad SMARTS) is 1. The van der Waals surface area contributed by atoms with Crippen LogP contribution in [0.25, 0.3) is 0 Å². The fraction of sp³-hybridized carbons (Fsp3) is 0.833. The topological polar surface area (TPSA) is 66.4 Å². The van der Waals surface area contributed by atoms with E-state index in [1.54, 1.807) is 11.8 Å². The predicted molar refractivity (Wildman–Crippen MR) is 69.1 cm³/mol. The highest BCUT2D eigenvalue weighted by Crippen LogP contribution is 2.28. The Morgan fingerprint density at radius 2 is 2.06 bits per heavy atom. The first-order chi connectivity index (χ1) is 8.04. The monoisotopic (exact) mass is 259 g/mol. The molecule has 1 amide bonds. The van der Waals surface area contributed by atoms with Crippen molar-refractivity contribution in [3.8, 4) is 0 Å². The molecule has 1 aliphatic heterocycles. The minimum absolute atomic E-state index is 0.122. The Morgan fingerprint density at radius 1 is 1.41 bits per heavy atom. The zero-order valence-corrected chi connectivity index (χ0v) is 11.3. The number of carbonyl (C=O) groups is 2. The fourth-order valence-electron chi connectivity index (χ4n) is 2.04. The lowest BCUT2D eigenvalue weighted by Crippen LogP contribution is -2.55. The minimum atomic E-state index is -1.02. The van der Waals surface area contributed by atoms with Crippen LogP contribution in [0.1, 0.15) is 39.5 Å². The number of aliphatic carboxylic acids is 1. The Bertz CT molecular complexity index is 283. The average molecular weight is 259 g/mol. The number of hydrogen-bond donors (Lipinski definition) is 2. The summed E-state index contributed by atoms with van der Waals surface area (Å²) in [5, 5.41) is 12.0. The lowest BCUT2D eigenvalue weighted by atomic mass is 9.95. The molecule has 5 heteroatoms. The van der Waals surface area contributed by atoms with Gasteiger partial charge in [0.2, 0.25) is 5.91 Å². The second kappa shape index (κ2) is 6.28. The molecular weight excluding hydrogens is 238 g/mol. The van der Waals surface area contributed by atoms with Gasteiger partial charge in [-0.05, 0) is 18.1 Å². The maximum absolute atomic E-state index is 11.9. The molecule has 98 valence electrons. The summed E-state index contributed by atoms with van der Waals surface area (Å²) in [6, 6.07) is 0. The maximum Gasteiger partial charge on any atom is 0.330 e. The lowest BCUT2D eigenvalue weighted by Gasteiger charge is -2.25. The summed E-state index contributed by atoms with van der Waals surface area (Å²) in [4.78, 5) is 23.1. The number of carbonyl (C=O) groups excluding carboxylic acids is 1. The molecule has 0 aromatic rings. The first-order valence-electron chi connectivity index (χ1n) is 6.16. The largest absolute Gasteiger partial charge is 0.479 e. The van der Waals surface area contributed by atoms with Crippen LogP contribution in [0.5, 0.6) is 0 Å². The van der Waals surface area contributed by atoms with Gasteiger partial charge in [0, 0.05) is 12.2 Å². The van der Waals surface area contributed by atoms with E-state index >= 15 is 0 Å². The Kier molecular flexibility index (Phi) is 5.31. The highest BCUT2D eigenvalue weighted by atomic mass is 32.2. The molecule has 2 N–H and O–H groups in total. The molecule has 1 saturated heterocycles. The van der Waals surface area contributed by atoms with Gasteiger partial charge in [-0.15, -0.1) is 0 Å². The van der Waals surface area contributed by atoms with Crippen LogP contribution in [0.4, 0.5) is 0 Å². The highest BCUT2D eigenvalue weighted by Gasteiger charge is 2.43. The van der Waals surface area contributed by atoms with Crippen LogP contribution in [0.2, 0.25) is 0 Å². The van der Waals surface area contributed by atoms with Gasteiger partial charge in [-0.25, -0.2) is 4.79 Å². The quantitative estimate of drug-likeness (QED) is 0.764. The number of thioether (sulfide) groups is 1. The number of hydrogen-bond acceptors (Lipinski definition) is 3. The number of amides is 1. The third-order valence-electron chi connectivity index (χ3n) is 3.44. The van der Waals surface area contributed by atoms with Crippen LogP contribution in [0.15, 0.2) is 0 Å². The van der Waals surface area contributed by atoms with Gasteiger partial charge in [0.25, 0.3) is 0 Å². The molecular formula is C12H21NO3S. The molecule has 0 bridgehead atoms. The van der Waals surface area contributed by atoms with Gasteiger partial charge in [0.15, 0.2) is 0 Å². The molecule has 4 nitrogen and oxygen atoms in total. The third-order valence-corrected chi connectivity index (χ3v) is 4.63. The maximum atomic E-state index is 11.9. The smallest absolute Gasteiger partial charge is 0.330 e. The summed E-state index contributed by atoms with van der Waals surface area (Å²) >= 11 is 1.59. The van der Waals surface area contributed by atoms with E-state index in [-0.39, 0.29) is 5.91 Å². The molecule has 0 spiro atoms. The summed E-state index contributed by atoms with van der Waals surface area (Å²) in [6.07, 6.45) is 2.88. The van der Waals surface area contributed by atoms with Crippen LogP contribution >= 0.6 is 11.8 Å². The minimum Gasteiger partial charge on any atom is -0.479 e. The molecule has 1 heterocycles. The summed E-state index contributed by atoms with van der Waals surface area (Å²) in [6.45, 7) is 4.11. The van der Waals surface area contributed by atoms with Crippen LogP contribution in [0, 0.1) is 5.92 Å². The van der Waals surface area contributed by atoms with Gasteiger partial charge in [0.05, 0.1) is 0 Å². The van der Waals surface area contributed by atoms with Crippen LogP contribution in [-0.2, 0) is 9.59 Å². The van der Waals surface area contributed by atoms with Crippen molar-refractivity contribution < 1.29 is 14.7 Å². The fourth-order valence-corrected chi connectivity index (χ4v) is 3.37. The molecule has 0 aromatic carbocycles. The lowest BCUT2D eigenvalue weighted by molar-refractivity contribution is -0.146. The van der Waals surface area contributed by atoms with E-state index in [0.29, 0.717) is 24.5 Å². The standard InChI is InChI=1S/C12H21NO3S/c1-3-9(4-2)7-10(14)13-12(11(15)16)5-6-17-8-12/h9H,3-8H2,1-2H3,(H,13,14)(H,15,16). The Balaban J connectivity index is 2.56. The summed E-state index contributed by atoms with van der Waals surface area (Å²) in [5.74, 6) is 0.619. The van der Waals surface area contributed by atoms with Crippen molar-refractivity contribution in [2.75, 3.05) is 11.5 Å². The van der Waals surface area contributed by atoms with Crippen molar-refractivity contribution in [3.05, 3.63) is 0 Å². The van der Waals surface area contributed by atoms with Gasteiger partial charge in [-0.3, -0.25) is 4.79 Å². The van der Waals surface area contributed by atoms with Gasteiger partial charge in [-0.2, -0.15) is 11.8 Å². The Hall–Kier alpha value is -0.710. The molecule has 0 aliphatic carbocycles. The Labute approximate surface area is 107 Å². The van der Waals surface area contributed by atoms with Gasteiger partial charge in [-0.1, -0.05) is 26.7 Å². The molecule has 17 heavy (non-hydrogen) atoms. The number of rotatable bonds is 6. The molecule has 0 aromatic heterocycles. The van der Waals surface area contributed by atoms with Gasteiger partial charge < -0.3 is 10.4 Å². The molecule has 1 aliphatic rings. The summed E-state index contributed by atoms with van der Waals surface area (Å²) in [5.41, 5.74) is -1.02. The third kappa shape index (κ3) is 3.63. The normalized spacial score (nSPS) is 23.9. The zero-order chi connectivity index (χ0) is 12.9. The van der Waals surface area contributed by atoms with Crippen LogP contribution in [-0.4, -0.2) is 34.0 Å². The first-order valence-corrected chi connectivity index (χ1v) is 7.31. The van der Waals surface area contributed by atoms with Crippen molar-refractivity contribution in [3.63, 3.8) is 0 Å². The van der Waals surface area contributed by atoms with E-state index < -0.39 is 11.5 Å². The molecule has 1 fully saturated rings. The molecule has 1 rings (SSSR count). The highest BCUT2D eigenvalue weighted by molar-refractivity contribution is 7.99. The molecule has 1 unspecified atom stereocenters. The van der Waals surface area contributed by atoms with Gasteiger partial charge >= 0.3 is 5.97 Å². The first kappa shape index (κ1) is 14.4. The molecule has 0 saturated carbocycles. The average Bonchev–Trinajstić information content (AvgIpc) is 2.75. The summed E-state index contributed by atoms with van der Waals surface area (Å²) in [7, 11) is 0. The van der Waals surface area contributed by atoms with E-state index in [0.717, 1.165) is 18.6 Å². The van der Waals surface area contributed by atoms with E-state index in [1.807, 2.05) is 0 Å². The van der Waals surface area contributed by atoms with Crippen molar-refractivity contribution in [1.29, 1.82) is 0 Å². The van der Waals surface area contributed by atoms with Gasteiger partial charge in [0.1, 0.15) is 5.54 Å². The zero-order valence-electron chi connectivity index (χ0n) is 10.5. The van der Waals surface area contributed by atoms with Crippen LogP contribution in [0.3, 0.4) is 0 Å². The van der Waals surface area contributed by atoms with E-state index in [9.17, 15) is 14.7 Å². The van der Waals surface area contributed by atoms with Crippen molar-refractivity contribution in [2.45, 2.75) is 45.1 Å². The van der Waals surface area contributed by atoms with Crippen molar-refractivity contribution in [2.24, 2.45) is 5.92 Å². The number of carboxylic acids is 1. The molecule has 1 atom stereocenters. The van der Waals surface area contributed by atoms with E-state index in [4.69, 9.17) is 0 Å². The SMILES string of the molecule is CCC(CC)CC(=O)NC1(C(=O)O)CCSC1. The van der Waals surface area contributed by atoms with E-state index in [2.05, 4.69) is 19.2 Å².